The van der Waals surface area contributed by atoms with E-state index in [9.17, 15) is 4.79 Å². The minimum Gasteiger partial charge on any atom is -0.376 e. The highest BCUT2D eigenvalue weighted by atomic mass is 32.2. The summed E-state index contributed by atoms with van der Waals surface area (Å²) in [6.07, 6.45) is 4.31. The van der Waals surface area contributed by atoms with Crippen LogP contribution in [0.2, 0.25) is 0 Å². The molecule has 1 aliphatic carbocycles. The molecule has 4 nitrogen and oxygen atoms in total. The Kier molecular flexibility index (Phi) is 4.01. The first-order valence-corrected chi connectivity index (χ1v) is 8.25. The Balaban J connectivity index is 1.63. The molecule has 20 heavy (non-hydrogen) atoms. The second-order valence-corrected chi connectivity index (χ2v) is 6.33. The molecule has 2 aliphatic rings. The van der Waals surface area contributed by atoms with Gasteiger partial charge in [-0.2, -0.15) is 0 Å². The van der Waals surface area contributed by atoms with Gasteiger partial charge in [-0.25, -0.2) is 0 Å². The fourth-order valence-corrected chi connectivity index (χ4v) is 3.51. The minimum absolute atomic E-state index is 0.0229. The molecule has 2 fully saturated rings. The zero-order chi connectivity index (χ0) is 14.1. The van der Waals surface area contributed by atoms with Gasteiger partial charge < -0.3 is 15.8 Å². The highest BCUT2D eigenvalue weighted by Gasteiger charge is 2.51. The van der Waals surface area contributed by atoms with E-state index in [1.807, 2.05) is 30.5 Å². The van der Waals surface area contributed by atoms with Crippen LogP contribution >= 0.6 is 11.8 Å². The fraction of sp³-hybridized carbons (Fsp3) is 0.533. The molecule has 1 amide bonds. The molecule has 3 rings (SSSR count). The first-order valence-electron chi connectivity index (χ1n) is 7.03. The summed E-state index contributed by atoms with van der Waals surface area (Å²) < 4.78 is 5.74. The number of rotatable bonds is 3. The lowest BCUT2D eigenvalue weighted by Gasteiger charge is -2.52. The molecule has 1 saturated carbocycles. The number of benzene rings is 1. The number of carbonyl (C=O) groups excluding carboxylic acids is 1. The summed E-state index contributed by atoms with van der Waals surface area (Å²) in [5, 5.41) is 3.02. The quantitative estimate of drug-likeness (QED) is 0.831. The molecule has 0 radical (unpaired) electrons. The van der Waals surface area contributed by atoms with Gasteiger partial charge in [0.05, 0.1) is 12.1 Å². The Labute approximate surface area is 123 Å². The number of amides is 1. The normalized spacial score (nSPS) is 32.1. The van der Waals surface area contributed by atoms with Gasteiger partial charge in [0, 0.05) is 29.0 Å². The summed E-state index contributed by atoms with van der Waals surface area (Å²) in [5.74, 6) is 0.346. The smallest absolute Gasteiger partial charge is 0.251 e. The molecule has 3 N–H and O–H groups in total. The van der Waals surface area contributed by atoms with E-state index in [1.165, 1.54) is 0 Å². The van der Waals surface area contributed by atoms with Crippen LogP contribution < -0.4 is 11.1 Å². The molecule has 0 aromatic heterocycles. The second kappa shape index (κ2) is 5.76. The first kappa shape index (κ1) is 13.9. The van der Waals surface area contributed by atoms with Crippen LogP contribution in [0.1, 0.15) is 23.2 Å². The van der Waals surface area contributed by atoms with Crippen molar-refractivity contribution in [2.24, 2.45) is 11.7 Å². The van der Waals surface area contributed by atoms with E-state index in [0.29, 0.717) is 11.5 Å². The van der Waals surface area contributed by atoms with Crippen LogP contribution in [-0.2, 0) is 4.74 Å². The predicted molar refractivity (Wildman–Crippen MR) is 79.9 cm³/mol. The maximum Gasteiger partial charge on any atom is 0.251 e. The van der Waals surface area contributed by atoms with Gasteiger partial charge in [0.15, 0.2) is 0 Å². The number of hydrogen-bond donors (Lipinski definition) is 2. The van der Waals surface area contributed by atoms with E-state index in [1.54, 1.807) is 11.8 Å². The van der Waals surface area contributed by atoms with E-state index in [0.717, 1.165) is 24.3 Å². The van der Waals surface area contributed by atoms with Crippen LogP contribution in [0.3, 0.4) is 0 Å². The Bertz CT molecular complexity index is 491. The van der Waals surface area contributed by atoms with Gasteiger partial charge in [-0.15, -0.1) is 11.8 Å². The van der Waals surface area contributed by atoms with Crippen LogP contribution in [0, 0.1) is 5.92 Å². The molecule has 1 aliphatic heterocycles. The van der Waals surface area contributed by atoms with Gasteiger partial charge in [-0.3, -0.25) is 4.79 Å². The van der Waals surface area contributed by atoms with Crippen molar-refractivity contribution in [3.05, 3.63) is 29.8 Å². The number of nitrogens with one attached hydrogen (secondary N) is 1. The van der Waals surface area contributed by atoms with Gasteiger partial charge in [-0.05, 0) is 43.4 Å². The van der Waals surface area contributed by atoms with Gasteiger partial charge in [0.1, 0.15) is 0 Å². The molecule has 5 heteroatoms. The number of ether oxygens (including phenoxy) is 1. The van der Waals surface area contributed by atoms with E-state index in [2.05, 4.69) is 5.32 Å². The third-order valence-electron chi connectivity index (χ3n) is 4.33. The number of hydrogen-bond acceptors (Lipinski definition) is 4. The standard InChI is InChI=1S/C15H20N2O2S/c1-20-10-6-4-9(5-7-10)15(18)17-13-12(16)11-3-2-8-19-14(11)13/h4-7,11-14H,2-3,8,16H2,1H3,(H,17,18). The number of nitrogens with two attached hydrogens (primary N) is 1. The average Bonchev–Trinajstić information content (AvgIpc) is 2.52. The Hall–Kier alpha value is -1.04. The largest absolute Gasteiger partial charge is 0.376 e. The molecular weight excluding hydrogens is 272 g/mol. The molecule has 1 heterocycles. The van der Waals surface area contributed by atoms with Crippen molar-refractivity contribution in [3.63, 3.8) is 0 Å². The van der Waals surface area contributed by atoms with Crippen LogP contribution in [0.25, 0.3) is 0 Å². The number of carbonyl (C=O) groups is 1. The van der Waals surface area contributed by atoms with Crippen molar-refractivity contribution in [3.8, 4) is 0 Å². The molecule has 4 unspecified atom stereocenters. The van der Waals surface area contributed by atoms with Crippen LogP contribution in [0.5, 0.6) is 0 Å². The second-order valence-electron chi connectivity index (χ2n) is 5.45. The Morgan fingerprint density at radius 2 is 2.15 bits per heavy atom. The minimum atomic E-state index is -0.0641. The molecule has 0 spiro atoms. The average molecular weight is 292 g/mol. The van der Waals surface area contributed by atoms with Gasteiger partial charge in [0.25, 0.3) is 5.91 Å². The van der Waals surface area contributed by atoms with Crippen LogP contribution in [-0.4, -0.2) is 37.0 Å². The molecule has 4 atom stereocenters. The van der Waals surface area contributed by atoms with Crippen molar-refractivity contribution in [2.45, 2.75) is 35.9 Å². The Morgan fingerprint density at radius 3 is 2.85 bits per heavy atom. The first-order chi connectivity index (χ1) is 9.70. The molecular formula is C15H20N2O2S. The summed E-state index contributed by atoms with van der Waals surface area (Å²) >= 11 is 1.66. The van der Waals surface area contributed by atoms with E-state index >= 15 is 0 Å². The van der Waals surface area contributed by atoms with E-state index in [-0.39, 0.29) is 24.1 Å². The zero-order valence-corrected chi connectivity index (χ0v) is 12.4. The van der Waals surface area contributed by atoms with Crippen LogP contribution in [0.15, 0.2) is 29.2 Å². The predicted octanol–water partition coefficient (Wildman–Crippen LogP) is 1.64. The summed E-state index contributed by atoms with van der Waals surface area (Å²) in [7, 11) is 0. The zero-order valence-electron chi connectivity index (χ0n) is 11.5. The summed E-state index contributed by atoms with van der Waals surface area (Å²) in [4.78, 5) is 13.4. The Morgan fingerprint density at radius 1 is 1.40 bits per heavy atom. The lowest BCUT2D eigenvalue weighted by atomic mass is 9.68. The monoisotopic (exact) mass is 292 g/mol. The lowest BCUT2D eigenvalue weighted by Crippen LogP contribution is -2.72. The van der Waals surface area contributed by atoms with Crippen molar-refractivity contribution in [2.75, 3.05) is 12.9 Å². The maximum absolute atomic E-state index is 12.2. The lowest BCUT2D eigenvalue weighted by molar-refractivity contribution is -0.117. The molecule has 1 aromatic rings. The fourth-order valence-electron chi connectivity index (χ4n) is 3.10. The van der Waals surface area contributed by atoms with Crippen LogP contribution in [0.4, 0.5) is 0 Å². The van der Waals surface area contributed by atoms with Crippen molar-refractivity contribution < 1.29 is 9.53 Å². The molecule has 108 valence electrons. The third kappa shape index (κ3) is 2.45. The highest BCUT2D eigenvalue weighted by molar-refractivity contribution is 7.98. The number of fused-ring (bicyclic) bond motifs is 1. The van der Waals surface area contributed by atoms with E-state index < -0.39 is 0 Å². The van der Waals surface area contributed by atoms with Gasteiger partial charge >= 0.3 is 0 Å². The SMILES string of the molecule is CSc1ccc(C(=O)NC2C(N)C3CCCOC32)cc1. The summed E-state index contributed by atoms with van der Waals surface area (Å²) in [5.41, 5.74) is 6.83. The van der Waals surface area contributed by atoms with Crippen molar-refractivity contribution in [1.29, 1.82) is 0 Å². The molecule has 0 bridgehead atoms. The third-order valence-corrected chi connectivity index (χ3v) is 5.07. The summed E-state index contributed by atoms with van der Waals surface area (Å²) in [6, 6.07) is 7.60. The van der Waals surface area contributed by atoms with Gasteiger partial charge in [0.2, 0.25) is 0 Å². The highest BCUT2D eigenvalue weighted by Crippen LogP contribution is 2.37. The topological polar surface area (TPSA) is 64.4 Å². The van der Waals surface area contributed by atoms with E-state index in [4.69, 9.17) is 10.5 Å². The molecule has 1 saturated heterocycles. The number of thioether (sulfide) groups is 1. The summed E-state index contributed by atoms with van der Waals surface area (Å²) in [6.45, 7) is 0.780. The van der Waals surface area contributed by atoms with Gasteiger partial charge in [-0.1, -0.05) is 0 Å². The maximum atomic E-state index is 12.2. The molecule has 1 aromatic carbocycles. The van der Waals surface area contributed by atoms with Crippen molar-refractivity contribution >= 4 is 17.7 Å². The van der Waals surface area contributed by atoms with Crippen molar-refractivity contribution in [1.82, 2.24) is 5.32 Å².